The number of benzene rings is 2. The number of nitrogens with one attached hydrogen (secondary N) is 2. The van der Waals surface area contributed by atoms with Crippen molar-refractivity contribution in [2.75, 3.05) is 12.4 Å². The van der Waals surface area contributed by atoms with E-state index in [4.69, 9.17) is 4.74 Å². The molecule has 0 bridgehead atoms. The number of carbonyl (C=O) groups is 3. The van der Waals surface area contributed by atoms with Crippen LogP contribution < -0.4 is 10.6 Å². The molecule has 0 heterocycles. The van der Waals surface area contributed by atoms with Gasteiger partial charge in [0, 0.05) is 19.7 Å². The Morgan fingerprint density at radius 1 is 1.11 bits per heavy atom. The first-order chi connectivity index (χ1) is 13.3. The molecule has 28 heavy (non-hydrogen) atoms. The van der Waals surface area contributed by atoms with Crippen molar-refractivity contribution in [1.82, 2.24) is 5.32 Å². The molecule has 1 atom stereocenters. The first-order valence-corrected chi connectivity index (χ1v) is 8.78. The summed E-state index contributed by atoms with van der Waals surface area (Å²) in [5.41, 5.74) is 2.94. The molecule has 0 saturated heterocycles. The van der Waals surface area contributed by atoms with Gasteiger partial charge in [-0.1, -0.05) is 29.8 Å². The van der Waals surface area contributed by atoms with Crippen molar-refractivity contribution in [3.63, 3.8) is 0 Å². The number of hydrogen-bond acceptors (Lipinski definition) is 4. The Labute approximate surface area is 163 Å². The molecular formula is C21H24N2O5. The molecule has 0 aliphatic carbocycles. The Balaban J connectivity index is 2.18. The molecule has 2 aromatic carbocycles. The largest absolute Gasteiger partial charge is 0.478 e. The number of ether oxygens (including phenoxy) is 1. The van der Waals surface area contributed by atoms with Gasteiger partial charge in [-0.05, 0) is 36.2 Å². The van der Waals surface area contributed by atoms with Gasteiger partial charge < -0.3 is 20.5 Å². The lowest BCUT2D eigenvalue weighted by molar-refractivity contribution is -0.120. The van der Waals surface area contributed by atoms with Crippen LogP contribution in [0.4, 0.5) is 5.69 Å². The molecule has 0 aromatic heterocycles. The number of rotatable bonds is 8. The van der Waals surface area contributed by atoms with E-state index in [0.29, 0.717) is 11.3 Å². The van der Waals surface area contributed by atoms with E-state index in [2.05, 4.69) is 10.6 Å². The minimum atomic E-state index is -1.09. The van der Waals surface area contributed by atoms with Gasteiger partial charge in [-0.15, -0.1) is 0 Å². The number of anilines is 1. The van der Waals surface area contributed by atoms with Gasteiger partial charge in [0.05, 0.1) is 24.6 Å². The average molecular weight is 384 g/mol. The predicted octanol–water partition coefficient (Wildman–Crippen LogP) is 3.05. The highest BCUT2D eigenvalue weighted by atomic mass is 16.5. The van der Waals surface area contributed by atoms with Crippen LogP contribution in [0, 0.1) is 6.92 Å². The average Bonchev–Trinajstić information content (AvgIpc) is 2.61. The summed E-state index contributed by atoms with van der Waals surface area (Å²) < 4.78 is 5.05. The van der Waals surface area contributed by atoms with Crippen molar-refractivity contribution in [3.8, 4) is 0 Å². The van der Waals surface area contributed by atoms with Gasteiger partial charge in [0.2, 0.25) is 11.8 Å². The number of hydrogen-bond donors (Lipinski definition) is 3. The van der Waals surface area contributed by atoms with Crippen molar-refractivity contribution >= 4 is 23.5 Å². The van der Waals surface area contributed by atoms with Crippen LogP contribution in [-0.4, -0.2) is 30.0 Å². The molecule has 0 radical (unpaired) electrons. The fourth-order valence-electron chi connectivity index (χ4n) is 2.83. The summed E-state index contributed by atoms with van der Waals surface area (Å²) in [5, 5.41) is 14.7. The maximum atomic E-state index is 12.6. The molecule has 0 saturated carbocycles. The summed E-state index contributed by atoms with van der Waals surface area (Å²) >= 11 is 0. The summed E-state index contributed by atoms with van der Waals surface area (Å²) in [5.74, 6) is -1.68. The topological polar surface area (TPSA) is 105 Å². The number of carboxylic acid groups (broad SMARTS) is 1. The van der Waals surface area contributed by atoms with Crippen LogP contribution in [0.25, 0.3) is 0 Å². The van der Waals surface area contributed by atoms with Crippen molar-refractivity contribution in [3.05, 3.63) is 64.7 Å². The summed E-state index contributed by atoms with van der Waals surface area (Å²) in [4.78, 5) is 35.4. The molecule has 0 aliphatic rings. The van der Waals surface area contributed by atoms with Crippen LogP contribution in [-0.2, 0) is 20.9 Å². The van der Waals surface area contributed by atoms with E-state index in [0.717, 1.165) is 11.1 Å². The third-order valence-electron chi connectivity index (χ3n) is 4.08. The number of amides is 2. The second-order valence-electron chi connectivity index (χ2n) is 6.57. The monoisotopic (exact) mass is 384 g/mol. The van der Waals surface area contributed by atoms with Gasteiger partial charge >= 0.3 is 5.97 Å². The molecule has 1 unspecified atom stereocenters. The van der Waals surface area contributed by atoms with Crippen LogP contribution in [0.2, 0.25) is 0 Å². The summed E-state index contributed by atoms with van der Waals surface area (Å²) in [6.45, 7) is 3.57. The van der Waals surface area contributed by atoms with Gasteiger partial charge in [0.15, 0.2) is 0 Å². The van der Waals surface area contributed by atoms with Crippen LogP contribution in [0.1, 0.15) is 46.4 Å². The number of carboxylic acids is 1. The van der Waals surface area contributed by atoms with E-state index < -0.39 is 12.0 Å². The number of methoxy groups -OCH3 is 1. The lowest BCUT2D eigenvalue weighted by Gasteiger charge is -2.18. The molecule has 148 valence electrons. The Hall–Kier alpha value is -3.19. The Morgan fingerprint density at radius 3 is 2.36 bits per heavy atom. The van der Waals surface area contributed by atoms with E-state index >= 15 is 0 Å². The quantitative estimate of drug-likeness (QED) is 0.649. The molecule has 2 rings (SSSR count). The van der Waals surface area contributed by atoms with Gasteiger partial charge in [-0.2, -0.15) is 0 Å². The molecule has 3 N–H and O–H groups in total. The molecule has 2 amide bonds. The molecule has 7 heteroatoms. The second kappa shape index (κ2) is 9.66. The number of aromatic carboxylic acids is 1. The van der Waals surface area contributed by atoms with Crippen LogP contribution in [0.15, 0.2) is 42.5 Å². The SMILES string of the molecule is COCc1cc(NC(=O)CC(NC(C)=O)c2ccc(C)cc2)cc(C(=O)O)c1. The van der Waals surface area contributed by atoms with E-state index in [1.54, 1.807) is 6.07 Å². The Bertz CT molecular complexity index is 862. The number of aryl methyl sites for hydroxylation is 1. The lowest BCUT2D eigenvalue weighted by atomic mass is 10.0. The first kappa shape index (κ1) is 21.1. The predicted molar refractivity (Wildman–Crippen MR) is 105 cm³/mol. The van der Waals surface area contributed by atoms with Gasteiger partial charge in [0.25, 0.3) is 0 Å². The van der Waals surface area contributed by atoms with Crippen molar-refractivity contribution in [2.45, 2.75) is 32.9 Å². The van der Waals surface area contributed by atoms with Crippen molar-refractivity contribution in [1.29, 1.82) is 0 Å². The normalized spacial score (nSPS) is 11.5. The maximum absolute atomic E-state index is 12.6. The fourth-order valence-corrected chi connectivity index (χ4v) is 2.83. The van der Waals surface area contributed by atoms with E-state index in [1.807, 2.05) is 31.2 Å². The van der Waals surface area contributed by atoms with Crippen LogP contribution >= 0.6 is 0 Å². The summed E-state index contributed by atoms with van der Waals surface area (Å²) in [6.07, 6.45) is 0.0134. The van der Waals surface area contributed by atoms with Crippen LogP contribution in [0.5, 0.6) is 0 Å². The van der Waals surface area contributed by atoms with E-state index in [9.17, 15) is 19.5 Å². The zero-order valence-electron chi connectivity index (χ0n) is 16.1. The van der Waals surface area contributed by atoms with Crippen molar-refractivity contribution < 1.29 is 24.2 Å². The first-order valence-electron chi connectivity index (χ1n) is 8.78. The molecule has 0 spiro atoms. The third kappa shape index (κ3) is 6.21. The molecule has 7 nitrogen and oxygen atoms in total. The standard InChI is InChI=1S/C21H24N2O5/c1-13-4-6-16(7-5-13)19(22-14(2)24)11-20(25)23-18-9-15(12-28-3)8-17(10-18)21(26)27/h4-10,19H,11-12H2,1-3H3,(H,22,24)(H,23,25)(H,26,27). The highest BCUT2D eigenvalue weighted by Crippen LogP contribution is 2.20. The summed E-state index contributed by atoms with van der Waals surface area (Å²) in [7, 11) is 1.51. The minimum Gasteiger partial charge on any atom is -0.478 e. The minimum absolute atomic E-state index is 0.0134. The van der Waals surface area contributed by atoms with E-state index in [1.165, 1.54) is 26.2 Å². The third-order valence-corrected chi connectivity index (χ3v) is 4.08. The smallest absolute Gasteiger partial charge is 0.335 e. The number of carbonyl (C=O) groups excluding carboxylic acids is 2. The molecule has 2 aromatic rings. The zero-order chi connectivity index (χ0) is 20.7. The second-order valence-corrected chi connectivity index (χ2v) is 6.57. The van der Waals surface area contributed by atoms with Crippen molar-refractivity contribution in [2.24, 2.45) is 0 Å². The fraction of sp³-hybridized carbons (Fsp3) is 0.286. The highest BCUT2D eigenvalue weighted by molar-refractivity contribution is 5.94. The van der Waals surface area contributed by atoms with Gasteiger partial charge in [-0.25, -0.2) is 4.79 Å². The van der Waals surface area contributed by atoms with Crippen LogP contribution in [0.3, 0.4) is 0 Å². The van der Waals surface area contributed by atoms with E-state index in [-0.39, 0.29) is 30.4 Å². The molecule has 0 aliphatic heterocycles. The Kier molecular flexibility index (Phi) is 7.28. The zero-order valence-corrected chi connectivity index (χ0v) is 16.1. The van der Waals surface area contributed by atoms with Gasteiger partial charge in [0.1, 0.15) is 0 Å². The van der Waals surface area contributed by atoms with Gasteiger partial charge in [-0.3, -0.25) is 9.59 Å². The highest BCUT2D eigenvalue weighted by Gasteiger charge is 2.18. The molecular weight excluding hydrogens is 360 g/mol. The maximum Gasteiger partial charge on any atom is 0.335 e. The Morgan fingerprint density at radius 2 is 1.79 bits per heavy atom. The molecule has 0 fully saturated rings. The lowest BCUT2D eigenvalue weighted by Crippen LogP contribution is -2.29. The summed E-state index contributed by atoms with van der Waals surface area (Å²) in [6, 6.07) is 11.6.